The first kappa shape index (κ1) is 16.3. The van der Waals surface area contributed by atoms with Crippen molar-refractivity contribution in [2.75, 3.05) is 18.1 Å². The van der Waals surface area contributed by atoms with Crippen LogP contribution in [0.4, 0.5) is 0 Å². The van der Waals surface area contributed by atoms with E-state index in [1.54, 1.807) is 12.1 Å². The third-order valence-corrected chi connectivity index (χ3v) is 4.76. The molecule has 19 heavy (non-hydrogen) atoms. The fourth-order valence-electron chi connectivity index (χ4n) is 1.61. The van der Waals surface area contributed by atoms with Crippen LogP contribution in [0.15, 0.2) is 18.2 Å². The Bertz CT molecular complexity index is 515. The smallest absolute Gasteiger partial charge is 0.153 e. The van der Waals surface area contributed by atoms with Crippen LogP contribution >= 0.6 is 11.6 Å². The Morgan fingerprint density at radius 1 is 1.37 bits per heavy atom. The second kappa shape index (κ2) is 7.12. The molecule has 0 fully saturated rings. The van der Waals surface area contributed by atoms with Gasteiger partial charge in [-0.3, -0.25) is 0 Å². The maximum absolute atomic E-state index is 11.5. The van der Waals surface area contributed by atoms with E-state index in [-0.39, 0.29) is 24.2 Å². The fourth-order valence-corrected chi connectivity index (χ4v) is 3.02. The van der Waals surface area contributed by atoms with Crippen LogP contribution in [0.3, 0.4) is 0 Å². The Hall–Kier alpha value is -0.780. The zero-order valence-electron chi connectivity index (χ0n) is 11.2. The number of sulfone groups is 1. The lowest BCUT2D eigenvalue weighted by Gasteiger charge is -2.11. The quantitative estimate of drug-likeness (QED) is 0.840. The second-order valence-corrected chi connectivity index (χ2v) is 7.19. The summed E-state index contributed by atoms with van der Waals surface area (Å²) in [7, 11) is -3.02. The fraction of sp³-hybridized carbons (Fsp3) is 0.538. The van der Waals surface area contributed by atoms with Crippen molar-refractivity contribution >= 4 is 21.4 Å². The average Bonchev–Trinajstić information content (AvgIpc) is 2.30. The molecule has 0 aliphatic rings. The van der Waals surface area contributed by atoms with Gasteiger partial charge >= 0.3 is 0 Å². The Balaban J connectivity index is 2.59. The van der Waals surface area contributed by atoms with E-state index in [2.05, 4.69) is 0 Å². The minimum atomic E-state index is -3.02. The highest BCUT2D eigenvalue weighted by Crippen LogP contribution is 2.27. The number of nitrogens with two attached hydrogens (primary N) is 1. The number of rotatable bonds is 7. The molecular formula is C13H20ClNO3S. The Labute approximate surface area is 119 Å². The van der Waals surface area contributed by atoms with Gasteiger partial charge in [0.1, 0.15) is 12.4 Å². The molecule has 108 valence electrons. The molecule has 1 aromatic rings. The topological polar surface area (TPSA) is 69.4 Å². The van der Waals surface area contributed by atoms with Crippen molar-refractivity contribution in [1.29, 1.82) is 0 Å². The van der Waals surface area contributed by atoms with Gasteiger partial charge in [0.25, 0.3) is 0 Å². The molecule has 0 aliphatic heterocycles. The molecule has 0 saturated carbocycles. The van der Waals surface area contributed by atoms with Crippen molar-refractivity contribution < 1.29 is 13.2 Å². The normalized spacial score (nSPS) is 13.3. The zero-order valence-corrected chi connectivity index (χ0v) is 12.8. The number of hydrogen-bond acceptors (Lipinski definition) is 4. The highest BCUT2D eigenvalue weighted by molar-refractivity contribution is 7.91. The first-order chi connectivity index (χ1) is 8.85. The van der Waals surface area contributed by atoms with Crippen LogP contribution in [0.5, 0.6) is 5.75 Å². The molecule has 0 amide bonds. The molecule has 6 heteroatoms. The van der Waals surface area contributed by atoms with Crippen LogP contribution in [0.2, 0.25) is 5.02 Å². The molecule has 2 N–H and O–H groups in total. The first-order valence-electron chi connectivity index (χ1n) is 6.24. The van der Waals surface area contributed by atoms with E-state index in [0.717, 1.165) is 5.56 Å². The molecule has 0 heterocycles. The molecular weight excluding hydrogens is 286 g/mol. The number of ether oxygens (including phenoxy) is 1. The van der Waals surface area contributed by atoms with E-state index in [4.69, 9.17) is 22.1 Å². The predicted molar refractivity (Wildman–Crippen MR) is 78.5 cm³/mol. The summed E-state index contributed by atoms with van der Waals surface area (Å²) in [6.45, 7) is 3.81. The summed E-state index contributed by atoms with van der Waals surface area (Å²) in [5.41, 5.74) is 6.66. The van der Waals surface area contributed by atoms with Gasteiger partial charge in [-0.25, -0.2) is 8.42 Å². The maximum atomic E-state index is 11.5. The standard InChI is InChI=1S/C13H20ClNO3S/c1-3-7-19(16,17)8-6-18-13-5-4-11(10(2)15)9-12(13)14/h4-5,9-10H,3,6-8,15H2,1-2H3/t10-/m1/s1. The predicted octanol–water partition coefficient (Wildman–Crippen LogP) is 2.56. The lowest BCUT2D eigenvalue weighted by Crippen LogP contribution is -2.16. The molecule has 1 rings (SSSR count). The summed E-state index contributed by atoms with van der Waals surface area (Å²) in [6, 6.07) is 5.18. The molecule has 0 aromatic heterocycles. The molecule has 0 spiro atoms. The summed E-state index contributed by atoms with van der Waals surface area (Å²) in [5, 5.41) is 0.447. The van der Waals surface area contributed by atoms with Crippen LogP contribution in [0.1, 0.15) is 31.9 Å². The number of benzene rings is 1. The van der Waals surface area contributed by atoms with Crippen molar-refractivity contribution in [3.8, 4) is 5.75 Å². The molecule has 0 aliphatic carbocycles. The Morgan fingerprint density at radius 2 is 2.05 bits per heavy atom. The summed E-state index contributed by atoms with van der Waals surface area (Å²) < 4.78 is 28.4. The maximum Gasteiger partial charge on any atom is 0.153 e. The summed E-state index contributed by atoms with van der Waals surface area (Å²) >= 11 is 6.05. The van der Waals surface area contributed by atoms with Crippen LogP contribution in [-0.4, -0.2) is 26.5 Å². The van der Waals surface area contributed by atoms with Crippen LogP contribution < -0.4 is 10.5 Å². The summed E-state index contributed by atoms with van der Waals surface area (Å²) in [5.74, 6) is 0.678. The van der Waals surface area contributed by atoms with Gasteiger partial charge in [0.15, 0.2) is 9.84 Å². The third kappa shape index (κ3) is 5.38. The molecule has 1 atom stereocenters. The first-order valence-corrected chi connectivity index (χ1v) is 8.44. The highest BCUT2D eigenvalue weighted by Gasteiger charge is 2.11. The van der Waals surface area contributed by atoms with E-state index >= 15 is 0 Å². The van der Waals surface area contributed by atoms with E-state index in [1.807, 2.05) is 19.9 Å². The van der Waals surface area contributed by atoms with Gasteiger partial charge in [0.2, 0.25) is 0 Å². The number of halogens is 1. The van der Waals surface area contributed by atoms with Gasteiger partial charge in [0.05, 0.1) is 16.5 Å². The van der Waals surface area contributed by atoms with Crippen LogP contribution in [-0.2, 0) is 9.84 Å². The van der Waals surface area contributed by atoms with Gasteiger partial charge in [-0.2, -0.15) is 0 Å². The van der Waals surface area contributed by atoms with Crippen molar-refractivity contribution in [3.05, 3.63) is 28.8 Å². The monoisotopic (exact) mass is 305 g/mol. The van der Waals surface area contributed by atoms with E-state index in [1.165, 1.54) is 0 Å². The minimum Gasteiger partial charge on any atom is -0.491 e. The van der Waals surface area contributed by atoms with Crippen molar-refractivity contribution in [2.45, 2.75) is 26.3 Å². The Kier molecular flexibility index (Phi) is 6.10. The van der Waals surface area contributed by atoms with E-state index < -0.39 is 9.84 Å². The van der Waals surface area contributed by atoms with Crippen LogP contribution in [0.25, 0.3) is 0 Å². The SMILES string of the molecule is CCCS(=O)(=O)CCOc1ccc([C@@H](C)N)cc1Cl. The highest BCUT2D eigenvalue weighted by atomic mass is 35.5. The van der Waals surface area contributed by atoms with Gasteiger partial charge in [-0.1, -0.05) is 24.6 Å². The summed E-state index contributed by atoms with van der Waals surface area (Å²) in [6.07, 6.45) is 0.617. The molecule has 1 aromatic carbocycles. The third-order valence-electron chi connectivity index (χ3n) is 2.65. The van der Waals surface area contributed by atoms with Crippen molar-refractivity contribution in [1.82, 2.24) is 0 Å². The Morgan fingerprint density at radius 3 is 2.58 bits per heavy atom. The van der Waals surface area contributed by atoms with E-state index in [0.29, 0.717) is 17.2 Å². The van der Waals surface area contributed by atoms with Crippen molar-refractivity contribution in [3.63, 3.8) is 0 Å². The largest absolute Gasteiger partial charge is 0.491 e. The second-order valence-electron chi connectivity index (χ2n) is 4.48. The van der Waals surface area contributed by atoms with Gasteiger partial charge < -0.3 is 10.5 Å². The van der Waals surface area contributed by atoms with Gasteiger partial charge in [-0.15, -0.1) is 0 Å². The van der Waals surface area contributed by atoms with Crippen molar-refractivity contribution in [2.24, 2.45) is 5.73 Å². The lowest BCUT2D eigenvalue weighted by atomic mass is 10.1. The number of hydrogen-bond donors (Lipinski definition) is 1. The zero-order chi connectivity index (χ0) is 14.5. The van der Waals surface area contributed by atoms with Crippen LogP contribution in [0, 0.1) is 0 Å². The molecule has 0 radical (unpaired) electrons. The average molecular weight is 306 g/mol. The minimum absolute atomic E-state index is 0.00616. The summed E-state index contributed by atoms with van der Waals surface area (Å²) in [4.78, 5) is 0. The molecule has 0 bridgehead atoms. The molecule has 0 unspecified atom stereocenters. The van der Waals surface area contributed by atoms with E-state index in [9.17, 15) is 8.42 Å². The molecule has 0 saturated heterocycles. The van der Waals surface area contributed by atoms with Gasteiger partial charge in [-0.05, 0) is 31.0 Å². The van der Waals surface area contributed by atoms with Gasteiger partial charge in [0, 0.05) is 6.04 Å². The lowest BCUT2D eigenvalue weighted by molar-refractivity contribution is 0.341. The molecule has 4 nitrogen and oxygen atoms in total.